The maximum absolute atomic E-state index is 12.1. The second-order valence-corrected chi connectivity index (χ2v) is 4.92. The molecule has 0 aliphatic heterocycles. The largest absolute Gasteiger partial charge is 0.340 e. The van der Waals surface area contributed by atoms with E-state index in [0.717, 1.165) is 6.54 Å². The molecule has 5 heteroatoms. The molecule has 0 spiro atoms. The molecule has 0 saturated heterocycles. The van der Waals surface area contributed by atoms with Crippen LogP contribution in [-0.4, -0.2) is 49.9 Å². The van der Waals surface area contributed by atoms with Crippen molar-refractivity contribution in [3.05, 3.63) is 33.8 Å². The van der Waals surface area contributed by atoms with E-state index < -0.39 is 0 Å². The summed E-state index contributed by atoms with van der Waals surface area (Å²) in [6.45, 7) is 1.45. The Kier molecular flexibility index (Phi) is 5.25. The van der Waals surface area contributed by atoms with Crippen molar-refractivity contribution >= 4 is 29.1 Å². The number of carbonyl (C=O) groups is 1. The maximum atomic E-state index is 12.1. The van der Waals surface area contributed by atoms with E-state index in [1.54, 1.807) is 30.1 Å². The van der Waals surface area contributed by atoms with Crippen LogP contribution in [0.1, 0.15) is 10.4 Å². The van der Waals surface area contributed by atoms with E-state index in [0.29, 0.717) is 22.2 Å². The number of likely N-dealkylation sites (N-methyl/N-ethyl adjacent to an activating group) is 2. The first-order chi connectivity index (χ1) is 7.93. The van der Waals surface area contributed by atoms with Gasteiger partial charge in [-0.2, -0.15) is 0 Å². The van der Waals surface area contributed by atoms with Gasteiger partial charge in [0.15, 0.2) is 0 Å². The molecule has 1 amide bonds. The van der Waals surface area contributed by atoms with Gasteiger partial charge in [-0.1, -0.05) is 29.3 Å². The molecule has 1 aromatic rings. The van der Waals surface area contributed by atoms with Crippen LogP contribution in [0.3, 0.4) is 0 Å². The molecule has 0 fully saturated rings. The Morgan fingerprint density at radius 2 is 1.82 bits per heavy atom. The first kappa shape index (κ1) is 14.3. The van der Waals surface area contributed by atoms with Gasteiger partial charge in [0.25, 0.3) is 5.91 Å². The van der Waals surface area contributed by atoms with Crippen LogP contribution in [-0.2, 0) is 0 Å². The smallest absolute Gasteiger partial charge is 0.255 e. The van der Waals surface area contributed by atoms with Gasteiger partial charge in [0.1, 0.15) is 0 Å². The highest BCUT2D eigenvalue weighted by molar-refractivity contribution is 6.43. The number of amides is 1. The van der Waals surface area contributed by atoms with E-state index in [1.165, 1.54) is 0 Å². The van der Waals surface area contributed by atoms with E-state index in [1.807, 2.05) is 19.0 Å². The third kappa shape index (κ3) is 3.87. The number of carbonyl (C=O) groups excluding carboxylic acids is 1. The van der Waals surface area contributed by atoms with Crippen molar-refractivity contribution in [3.8, 4) is 0 Å². The van der Waals surface area contributed by atoms with E-state index in [9.17, 15) is 4.79 Å². The third-order valence-corrected chi connectivity index (χ3v) is 3.23. The molecular formula is C12H16Cl2N2O. The maximum Gasteiger partial charge on any atom is 0.255 e. The highest BCUT2D eigenvalue weighted by atomic mass is 35.5. The molecule has 0 radical (unpaired) electrons. The van der Waals surface area contributed by atoms with Crippen molar-refractivity contribution in [3.63, 3.8) is 0 Å². The fourth-order valence-electron chi connectivity index (χ4n) is 1.33. The number of nitrogens with zero attached hydrogens (tertiary/aromatic N) is 2. The molecule has 0 aliphatic rings. The average molecular weight is 275 g/mol. The topological polar surface area (TPSA) is 23.6 Å². The summed E-state index contributed by atoms with van der Waals surface area (Å²) < 4.78 is 0. The second-order valence-electron chi connectivity index (χ2n) is 4.13. The Morgan fingerprint density at radius 1 is 1.18 bits per heavy atom. The van der Waals surface area contributed by atoms with Crippen LogP contribution < -0.4 is 0 Å². The predicted octanol–water partition coefficient (Wildman–Crippen LogP) is 2.63. The Hall–Kier alpha value is -0.770. The summed E-state index contributed by atoms with van der Waals surface area (Å²) in [4.78, 5) is 15.7. The van der Waals surface area contributed by atoms with Gasteiger partial charge < -0.3 is 9.80 Å². The zero-order chi connectivity index (χ0) is 13.0. The van der Waals surface area contributed by atoms with Crippen LogP contribution >= 0.6 is 23.2 Å². The number of hydrogen-bond donors (Lipinski definition) is 0. The summed E-state index contributed by atoms with van der Waals surface area (Å²) >= 11 is 11.9. The Morgan fingerprint density at radius 3 is 2.41 bits per heavy atom. The quantitative estimate of drug-likeness (QED) is 0.843. The van der Waals surface area contributed by atoms with Gasteiger partial charge in [-0.25, -0.2) is 0 Å². The highest BCUT2D eigenvalue weighted by Gasteiger charge is 2.16. The Bertz CT molecular complexity index is 407. The first-order valence-corrected chi connectivity index (χ1v) is 6.03. The minimum atomic E-state index is -0.112. The normalized spacial score (nSPS) is 10.7. The van der Waals surface area contributed by atoms with E-state index in [4.69, 9.17) is 23.2 Å². The lowest BCUT2D eigenvalue weighted by Gasteiger charge is -2.20. The summed E-state index contributed by atoms with van der Waals surface area (Å²) in [6.07, 6.45) is 0. The molecule has 17 heavy (non-hydrogen) atoms. The van der Waals surface area contributed by atoms with Crippen LogP contribution in [0, 0.1) is 0 Å². The van der Waals surface area contributed by atoms with Gasteiger partial charge in [0.2, 0.25) is 0 Å². The SMILES string of the molecule is CN(C)CCN(C)C(=O)c1cccc(Cl)c1Cl. The highest BCUT2D eigenvalue weighted by Crippen LogP contribution is 2.26. The molecule has 94 valence electrons. The average Bonchev–Trinajstić information content (AvgIpc) is 2.28. The summed E-state index contributed by atoms with van der Waals surface area (Å²) in [5.74, 6) is -0.112. The van der Waals surface area contributed by atoms with Crippen molar-refractivity contribution in [1.82, 2.24) is 9.80 Å². The third-order valence-electron chi connectivity index (χ3n) is 2.41. The number of rotatable bonds is 4. The molecule has 0 saturated carbocycles. The van der Waals surface area contributed by atoms with Crippen LogP contribution in [0.5, 0.6) is 0 Å². The van der Waals surface area contributed by atoms with Gasteiger partial charge >= 0.3 is 0 Å². The molecule has 0 heterocycles. The minimum Gasteiger partial charge on any atom is -0.340 e. The zero-order valence-corrected chi connectivity index (χ0v) is 11.7. The van der Waals surface area contributed by atoms with Crippen molar-refractivity contribution in [2.45, 2.75) is 0 Å². The van der Waals surface area contributed by atoms with Crippen LogP contribution in [0.15, 0.2) is 18.2 Å². The van der Waals surface area contributed by atoms with Crippen molar-refractivity contribution in [2.24, 2.45) is 0 Å². The van der Waals surface area contributed by atoms with Crippen molar-refractivity contribution < 1.29 is 4.79 Å². The van der Waals surface area contributed by atoms with E-state index >= 15 is 0 Å². The van der Waals surface area contributed by atoms with Gasteiger partial charge in [-0.05, 0) is 26.2 Å². The molecule has 1 aromatic carbocycles. The van der Waals surface area contributed by atoms with E-state index in [2.05, 4.69) is 0 Å². The number of halogens is 2. The zero-order valence-electron chi connectivity index (χ0n) is 10.2. The molecule has 0 bridgehead atoms. The van der Waals surface area contributed by atoms with Gasteiger partial charge in [0, 0.05) is 20.1 Å². The predicted molar refractivity (Wildman–Crippen MR) is 72.0 cm³/mol. The lowest BCUT2D eigenvalue weighted by atomic mass is 10.2. The van der Waals surface area contributed by atoms with Gasteiger partial charge in [0.05, 0.1) is 15.6 Å². The molecule has 0 aromatic heterocycles. The standard InChI is InChI=1S/C12H16Cl2N2O/c1-15(2)7-8-16(3)12(17)9-5-4-6-10(13)11(9)14/h4-6H,7-8H2,1-3H3. The van der Waals surface area contributed by atoms with Gasteiger partial charge in [-0.15, -0.1) is 0 Å². The molecule has 0 unspecified atom stereocenters. The van der Waals surface area contributed by atoms with Crippen molar-refractivity contribution in [1.29, 1.82) is 0 Å². The van der Waals surface area contributed by atoms with Crippen LogP contribution in [0.25, 0.3) is 0 Å². The summed E-state index contributed by atoms with van der Waals surface area (Å²) in [5, 5.41) is 0.717. The molecular weight excluding hydrogens is 259 g/mol. The monoisotopic (exact) mass is 274 g/mol. The van der Waals surface area contributed by atoms with Crippen LogP contribution in [0.4, 0.5) is 0 Å². The first-order valence-electron chi connectivity index (χ1n) is 5.27. The summed E-state index contributed by atoms with van der Waals surface area (Å²) in [5.41, 5.74) is 0.445. The summed E-state index contributed by atoms with van der Waals surface area (Å²) in [6, 6.07) is 5.07. The fourth-order valence-corrected chi connectivity index (χ4v) is 1.71. The lowest BCUT2D eigenvalue weighted by Crippen LogP contribution is -2.33. The number of benzene rings is 1. The number of hydrogen-bond acceptors (Lipinski definition) is 2. The lowest BCUT2D eigenvalue weighted by molar-refractivity contribution is 0.0786. The molecule has 0 atom stereocenters. The minimum absolute atomic E-state index is 0.112. The van der Waals surface area contributed by atoms with Gasteiger partial charge in [-0.3, -0.25) is 4.79 Å². The molecule has 3 nitrogen and oxygen atoms in total. The second kappa shape index (κ2) is 6.24. The fraction of sp³-hybridized carbons (Fsp3) is 0.417. The molecule has 0 N–H and O–H groups in total. The summed E-state index contributed by atoms with van der Waals surface area (Å²) in [7, 11) is 5.68. The molecule has 1 rings (SSSR count). The van der Waals surface area contributed by atoms with Crippen LogP contribution in [0.2, 0.25) is 10.0 Å². The molecule has 0 aliphatic carbocycles. The Balaban J connectivity index is 2.78. The Labute approximate surface area is 112 Å². The van der Waals surface area contributed by atoms with Crippen molar-refractivity contribution in [2.75, 3.05) is 34.2 Å². The van der Waals surface area contributed by atoms with E-state index in [-0.39, 0.29) is 5.91 Å².